The lowest BCUT2D eigenvalue weighted by Gasteiger charge is -2.08. The first-order valence-corrected chi connectivity index (χ1v) is 8.58. The number of hydrogen-bond donors (Lipinski definition) is 3. The van der Waals surface area contributed by atoms with Gasteiger partial charge < -0.3 is 9.72 Å². The SMILES string of the molecule is O=C(COC(=O)CCc1c[nH]c2ccccc12)NNC(=O)c1ccc(F)cc1. The summed E-state index contributed by atoms with van der Waals surface area (Å²) in [5.41, 5.74) is 6.45. The van der Waals surface area contributed by atoms with Crippen LogP contribution in [0.3, 0.4) is 0 Å². The van der Waals surface area contributed by atoms with E-state index in [1.807, 2.05) is 30.5 Å². The van der Waals surface area contributed by atoms with Crippen LogP contribution in [0, 0.1) is 5.82 Å². The topological polar surface area (TPSA) is 100 Å². The molecule has 0 saturated heterocycles. The van der Waals surface area contributed by atoms with Gasteiger partial charge in [-0.05, 0) is 42.3 Å². The Hall–Kier alpha value is -3.68. The molecule has 3 N–H and O–H groups in total. The first-order chi connectivity index (χ1) is 13.5. The van der Waals surface area contributed by atoms with Crippen molar-refractivity contribution in [3.8, 4) is 0 Å². The minimum Gasteiger partial charge on any atom is -0.455 e. The van der Waals surface area contributed by atoms with Gasteiger partial charge in [0, 0.05) is 29.1 Å². The molecule has 28 heavy (non-hydrogen) atoms. The number of amides is 2. The predicted molar refractivity (Wildman–Crippen MR) is 99.6 cm³/mol. The third-order valence-electron chi connectivity index (χ3n) is 4.06. The second-order valence-corrected chi connectivity index (χ2v) is 6.03. The molecule has 3 rings (SSSR count). The van der Waals surface area contributed by atoms with E-state index < -0.39 is 30.2 Å². The second kappa shape index (κ2) is 8.81. The van der Waals surface area contributed by atoms with Crippen molar-refractivity contribution in [3.63, 3.8) is 0 Å². The quantitative estimate of drug-likeness (QED) is 0.449. The van der Waals surface area contributed by atoms with Crippen LogP contribution in [0.4, 0.5) is 4.39 Å². The molecule has 0 spiro atoms. The number of nitrogens with one attached hydrogen (secondary N) is 3. The third kappa shape index (κ3) is 4.94. The molecule has 0 aliphatic carbocycles. The summed E-state index contributed by atoms with van der Waals surface area (Å²) >= 11 is 0. The van der Waals surface area contributed by atoms with Gasteiger partial charge in [-0.2, -0.15) is 0 Å². The predicted octanol–water partition coefficient (Wildman–Crippen LogP) is 2.24. The number of aryl methyl sites for hydroxylation is 1. The second-order valence-electron chi connectivity index (χ2n) is 6.03. The lowest BCUT2D eigenvalue weighted by Crippen LogP contribution is -2.43. The summed E-state index contributed by atoms with van der Waals surface area (Å²) in [5, 5.41) is 1.04. The largest absolute Gasteiger partial charge is 0.455 e. The van der Waals surface area contributed by atoms with Crippen molar-refractivity contribution in [3.05, 3.63) is 71.7 Å². The zero-order valence-corrected chi connectivity index (χ0v) is 14.8. The van der Waals surface area contributed by atoms with Gasteiger partial charge in [0.05, 0.1) is 0 Å². The highest BCUT2D eigenvalue weighted by molar-refractivity contribution is 5.95. The average molecular weight is 383 g/mol. The Balaban J connectivity index is 1.38. The maximum atomic E-state index is 12.8. The molecule has 1 aromatic heterocycles. The van der Waals surface area contributed by atoms with Crippen LogP contribution < -0.4 is 10.9 Å². The van der Waals surface area contributed by atoms with Gasteiger partial charge in [0.2, 0.25) is 0 Å². The smallest absolute Gasteiger partial charge is 0.306 e. The Bertz CT molecular complexity index is 998. The number of fused-ring (bicyclic) bond motifs is 1. The monoisotopic (exact) mass is 383 g/mol. The molecule has 144 valence electrons. The number of benzene rings is 2. The number of carbonyl (C=O) groups is 3. The van der Waals surface area contributed by atoms with Crippen LogP contribution in [0.1, 0.15) is 22.3 Å². The zero-order chi connectivity index (χ0) is 19.9. The number of ether oxygens (including phenoxy) is 1. The third-order valence-corrected chi connectivity index (χ3v) is 4.06. The molecule has 3 aromatic rings. The molecule has 1 heterocycles. The molecule has 0 bridgehead atoms. The number of H-pyrrole nitrogens is 1. The highest BCUT2D eigenvalue weighted by Gasteiger charge is 2.11. The summed E-state index contributed by atoms with van der Waals surface area (Å²) in [4.78, 5) is 38.4. The van der Waals surface area contributed by atoms with Crippen molar-refractivity contribution in [2.75, 3.05) is 6.61 Å². The molecule has 0 atom stereocenters. The summed E-state index contributed by atoms with van der Waals surface area (Å²) in [6.07, 6.45) is 2.44. The summed E-state index contributed by atoms with van der Waals surface area (Å²) < 4.78 is 17.7. The highest BCUT2D eigenvalue weighted by Crippen LogP contribution is 2.19. The fourth-order valence-corrected chi connectivity index (χ4v) is 2.63. The van der Waals surface area contributed by atoms with E-state index >= 15 is 0 Å². The van der Waals surface area contributed by atoms with Crippen molar-refractivity contribution in [2.45, 2.75) is 12.8 Å². The zero-order valence-electron chi connectivity index (χ0n) is 14.8. The van der Waals surface area contributed by atoms with Crippen molar-refractivity contribution in [1.82, 2.24) is 15.8 Å². The number of hydrogen-bond acceptors (Lipinski definition) is 4. The number of halogens is 1. The summed E-state index contributed by atoms with van der Waals surface area (Å²) in [6, 6.07) is 12.6. The van der Waals surface area contributed by atoms with Gasteiger partial charge >= 0.3 is 5.97 Å². The maximum Gasteiger partial charge on any atom is 0.306 e. The van der Waals surface area contributed by atoms with Crippen LogP contribution >= 0.6 is 0 Å². The van der Waals surface area contributed by atoms with E-state index in [9.17, 15) is 18.8 Å². The van der Waals surface area contributed by atoms with Gasteiger partial charge in [0.1, 0.15) is 5.82 Å². The molecule has 2 amide bonds. The molecular formula is C20H18FN3O4. The van der Waals surface area contributed by atoms with Crippen molar-refractivity contribution < 1.29 is 23.5 Å². The van der Waals surface area contributed by atoms with Gasteiger partial charge in [-0.3, -0.25) is 25.2 Å². The molecule has 0 aliphatic heterocycles. The van der Waals surface area contributed by atoms with Crippen LogP contribution in [-0.2, 0) is 20.7 Å². The number of hydrazine groups is 1. The van der Waals surface area contributed by atoms with Gasteiger partial charge in [0.25, 0.3) is 11.8 Å². The number of aromatic nitrogens is 1. The maximum absolute atomic E-state index is 12.8. The van der Waals surface area contributed by atoms with Crippen molar-refractivity contribution in [2.24, 2.45) is 0 Å². The Morgan fingerprint density at radius 2 is 1.75 bits per heavy atom. The molecule has 0 unspecified atom stereocenters. The molecule has 7 nitrogen and oxygen atoms in total. The normalized spacial score (nSPS) is 10.5. The molecule has 0 fully saturated rings. The van der Waals surface area contributed by atoms with E-state index in [0.717, 1.165) is 28.6 Å². The number of aromatic amines is 1. The van der Waals surface area contributed by atoms with Gasteiger partial charge in [0.15, 0.2) is 6.61 Å². The highest BCUT2D eigenvalue weighted by atomic mass is 19.1. The molecule has 2 aromatic carbocycles. The summed E-state index contributed by atoms with van der Waals surface area (Å²) in [6.45, 7) is -0.517. The Kier molecular flexibility index (Phi) is 6.01. The minimum atomic E-state index is -0.684. The number of para-hydroxylation sites is 1. The molecular weight excluding hydrogens is 365 g/mol. The van der Waals surface area contributed by atoms with Crippen molar-refractivity contribution in [1.29, 1.82) is 0 Å². The Morgan fingerprint density at radius 3 is 2.54 bits per heavy atom. The number of rotatable bonds is 6. The van der Waals surface area contributed by atoms with Crippen LogP contribution in [0.5, 0.6) is 0 Å². The standard InChI is InChI=1S/C20H18FN3O4/c21-15-8-5-13(6-9-15)20(27)24-23-18(25)12-28-19(26)10-7-14-11-22-17-4-2-1-3-16(14)17/h1-6,8-9,11,22H,7,10,12H2,(H,23,25)(H,24,27). The fraction of sp³-hybridized carbons (Fsp3) is 0.150. The lowest BCUT2D eigenvalue weighted by molar-refractivity contribution is -0.148. The summed E-state index contributed by atoms with van der Waals surface area (Å²) in [7, 11) is 0. The van der Waals surface area contributed by atoms with E-state index in [-0.39, 0.29) is 12.0 Å². The average Bonchev–Trinajstić information content (AvgIpc) is 3.12. The van der Waals surface area contributed by atoms with E-state index in [4.69, 9.17) is 4.74 Å². The van der Waals surface area contributed by atoms with E-state index in [1.165, 1.54) is 12.1 Å². The minimum absolute atomic E-state index is 0.122. The lowest BCUT2D eigenvalue weighted by atomic mass is 10.1. The first kappa shape index (κ1) is 19.1. The molecule has 0 aliphatic rings. The first-order valence-electron chi connectivity index (χ1n) is 8.58. The van der Waals surface area contributed by atoms with Gasteiger partial charge in [-0.1, -0.05) is 18.2 Å². The van der Waals surface area contributed by atoms with Crippen molar-refractivity contribution >= 4 is 28.7 Å². The van der Waals surface area contributed by atoms with Crippen LogP contribution in [0.25, 0.3) is 10.9 Å². The van der Waals surface area contributed by atoms with Crippen LogP contribution in [0.2, 0.25) is 0 Å². The van der Waals surface area contributed by atoms with Crippen LogP contribution in [0.15, 0.2) is 54.7 Å². The molecule has 0 radical (unpaired) electrons. The van der Waals surface area contributed by atoms with E-state index in [1.54, 1.807) is 0 Å². The van der Waals surface area contributed by atoms with Gasteiger partial charge in [-0.15, -0.1) is 0 Å². The Labute approximate surface area is 159 Å². The van der Waals surface area contributed by atoms with Crippen LogP contribution in [-0.4, -0.2) is 29.4 Å². The number of esters is 1. The Morgan fingerprint density at radius 1 is 1.00 bits per heavy atom. The molecule has 0 saturated carbocycles. The van der Waals surface area contributed by atoms with Gasteiger partial charge in [-0.25, -0.2) is 4.39 Å². The fourth-order valence-electron chi connectivity index (χ4n) is 2.63. The number of carbonyl (C=O) groups excluding carboxylic acids is 3. The summed E-state index contributed by atoms with van der Waals surface area (Å²) in [5.74, 6) is -2.29. The van der Waals surface area contributed by atoms with E-state index in [0.29, 0.717) is 6.42 Å². The van der Waals surface area contributed by atoms with E-state index in [2.05, 4.69) is 15.8 Å². The molecule has 8 heteroatoms.